The number of ether oxygens (including phenoxy) is 4. The Bertz CT molecular complexity index is 1570. The van der Waals surface area contributed by atoms with Gasteiger partial charge in [0.15, 0.2) is 23.9 Å². The molecule has 2 aromatic heterocycles. The van der Waals surface area contributed by atoms with Crippen LogP contribution in [0.25, 0.3) is 5.69 Å². The Balaban J connectivity index is 1.32. The van der Waals surface area contributed by atoms with Gasteiger partial charge in [0, 0.05) is 17.1 Å². The second-order valence-electron chi connectivity index (χ2n) is 9.79. The second-order valence-corrected chi connectivity index (χ2v) is 10.6. The minimum absolute atomic E-state index is 0.0953. The molecule has 0 spiro atoms. The molecule has 0 fully saturated rings. The quantitative estimate of drug-likeness (QED) is 0.0994. The average Bonchev–Trinajstić information content (AvgIpc) is 3.57. The lowest BCUT2D eigenvalue weighted by Gasteiger charge is -2.15. The molecule has 0 unspecified atom stereocenters. The lowest BCUT2D eigenvalue weighted by atomic mass is 10.2. The highest BCUT2D eigenvalue weighted by atomic mass is 79.9. The van der Waals surface area contributed by atoms with Gasteiger partial charge in [-0.25, -0.2) is 10.2 Å². The first-order valence-corrected chi connectivity index (χ1v) is 14.5. The number of aromatic nitrogens is 1. The molecule has 2 aromatic carbocycles. The third-order valence-electron chi connectivity index (χ3n) is 6.05. The van der Waals surface area contributed by atoms with Crippen molar-refractivity contribution in [1.82, 2.24) is 9.99 Å². The number of carbonyl (C=O) groups is 2. The Morgan fingerprint density at radius 3 is 2.40 bits per heavy atom. The first-order valence-electron chi connectivity index (χ1n) is 13.7. The van der Waals surface area contributed by atoms with Gasteiger partial charge in [-0.3, -0.25) is 4.79 Å². The Labute approximate surface area is 258 Å². The fourth-order valence-electron chi connectivity index (χ4n) is 4.21. The van der Waals surface area contributed by atoms with Gasteiger partial charge in [-0.2, -0.15) is 5.10 Å². The number of esters is 1. The first-order chi connectivity index (χ1) is 20.6. The maximum atomic E-state index is 12.6. The molecule has 0 saturated carbocycles. The van der Waals surface area contributed by atoms with Gasteiger partial charge in [0.1, 0.15) is 18.1 Å². The number of hydrazone groups is 1. The Morgan fingerprint density at radius 2 is 1.72 bits per heavy atom. The summed E-state index contributed by atoms with van der Waals surface area (Å²) in [5, 5.41) is 4.03. The average molecular weight is 653 g/mol. The number of benzene rings is 2. The molecule has 2 heterocycles. The van der Waals surface area contributed by atoms with Crippen LogP contribution in [0.4, 0.5) is 0 Å². The molecule has 0 aliphatic carbocycles. The van der Waals surface area contributed by atoms with Gasteiger partial charge in [-0.1, -0.05) is 0 Å². The van der Waals surface area contributed by atoms with Gasteiger partial charge < -0.3 is 27.9 Å². The molecule has 43 heavy (non-hydrogen) atoms. The van der Waals surface area contributed by atoms with Gasteiger partial charge in [-0.05, 0) is 117 Å². The predicted octanol–water partition coefficient (Wildman–Crippen LogP) is 6.52. The summed E-state index contributed by atoms with van der Waals surface area (Å²) in [5.41, 5.74) is 6.44. The summed E-state index contributed by atoms with van der Waals surface area (Å²) in [7, 11) is 0. The Kier molecular flexibility index (Phi) is 10.7. The molecule has 4 aromatic rings. The van der Waals surface area contributed by atoms with Gasteiger partial charge in [0.05, 0.1) is 23.4 Å². The molecule has 0 aliphatic heterocycles. The monoisotopic (exact) mass is 651 g/mol. The lowest BCUT2D eigenvalue weighted by Crippen LogP contribution is -2.19. The van der Waals surface area contributed by atoms with E-state index in [4.69, 9.17) is 23.4 Å². The van der Waals surface area contributed by atoms with Gasteiger partial charge in [-0.15, -0.1) is 0 Å². The molecule has 1 N–H and O–H groups in total. The van der Waals surface area contributed by atoms with Crippen LogP contribution in [0.3, 0.4) is 0 Å². The number of nitrogens with zero attached hydrogens (tertiary/aromatic N) is 2. The van der Waals surface area contributed by atoms with Crippen molar-refractivity contribution in [3.8, 4) is 22.9 Å². The van der Waals surface area contributed by atoms with E-state index < -0.39 is 11.9 Å². The molecule has 0 saturated heterocycles. The van der Waals surface area contributed by atoms with Crippen molar-refractivity contribution in [3.63, 3.8) is 0 Å². The maximum absolute atomic E-state index is 12.6. The maximum Gasteiger partial charge on any atom is 0.344 e. The molecule has 0 bridgehead atoms. The van der Waals surface area contributed by atoms with E-state index in [1.54, 1.807) is 38.1 Å². The minimum atomic E-state index is -0.517. The zero-order valence-electron chi connectivity index (χ0n) is 24.7. The van der Waals surface area contributed by atoms with Crippen LogP contribution in [-0.2, 0) is 16.1 Å². The van der Waals surface area contributed by atoms with Crippen molar-refractivity contribution >= 4 is 34.0 Å². The third kappa shape index (κ3) is 8.51. The lowest BCUT2D eigenvalue weighted by molar-refractivity contribution is -0.149. The standard InChI is InChI=1S/C32H34BrN3O7/c1-6-39-29-16-23(15-27(33)31(29)41-19-30(37)42-20(2)3)17-34-35-32(38)28-14-13-26(43-28)18-40-25-11-9-24(10-12-25)36-21(4)7-8-22(36)5/h7-17,20H,6,18-19H2,1-5H3,(H,35,38)/b34-17+. The van der Waals surface area contributed by atoms with E-state index in [9.17, 15) is 9.59 Å². The van der Waals surface area contributed by atoms with E-state index in [-0.39, 0.29) is 25.1 Å². The summed E-state index contributed by atoms with van der Waals surface area (Å²) in [6.45, 7) is 9.76. The molecular formula is C32H34BrN3O7. The van der Waals surface area contributed by atoms with Crippen molar-refractivity contribution in [2.24, 2.45) is 5.10 Å². The molecule has 10 nitrogen and oxygen atoms in total. The predicted molar refractivity (Wildman–Crippen MR) is 165 cm³/mol. The van der Waals surface area contributed by atoms with Crippen LogP contribution < -0.4 is 19.6 Å². The van der Waals surface area contributed by atoms with E-state index in [2.05, 4.69) is 57.0 Å². The van der Waals surface area contributed by atoms with Gasteiger partial charge in [0.25, 0.3) is 0 Å². The summed E-state index contributed by atoms with van der Waals surface area (Å²) in [6.07, 6.45) is 1.21. The van der Waals surface area contributed by atoms with Crippen LogP contribution >= 0.6 is 15.9 Å². The number of hydrogen-bond acceptors (Lipinski definition) is 8. The van der Waals surface area contributed by atoms with Crippen molar-refractivity contribution in [1.29, 1.82) is 0 Å². The molecule has 0 radical (unpaired) electrons. The van der Waals surface area contributed by atoms with Crippen LogP contribution in [-0.4, -0.2) is 42.0 Å². The fraction of sp³-hybridized carbons (Fsp3) is 0.281. The highest BCUT2D eigenvalue weighted by Crippen LogP contribution is 2.36. The smallest absolute Gasteiger partial charge is 0.344 e. The second kappa shape index (κ2) is 14.6. The third-order valence-corrected chi connectivity index (χ3v) is 6.63. The summed E-state index contributed by atoms with van der Waals surface area (Å²) in [6, 6.07) is 18.6. The molecule has 1 amide bonds. The van der Waals surface area contributed by atoms with Crippen LogP contribution in [0.2, 0.25) is 0 Å². The Hall–Kier alpha value is -4.51. The molecular weight excluding hydrogens is 618 g/mol. The van der Waals surface area contributed by atoms with Crippen LogP contribution in [0, 0.1) is 13.8 Å². The van der Waals surface area contributed by atoms with Crippen molar-refractivity contribution in [2.45, 2.75) is 47.3 Å². The molecule has 4 rings (SSSR count). The van der Waals surface area contributed by atoms with E-state index in [0.29, 0.717) is 39.7 Å². The van der Waals surface area contributed by atoms with E-state index in [1.807, 2.05) is 31.2 Å². The summed E-state index contributed by atoms with van der Waals surface area (Å²) < 4.78 is 30.6. The van der Waals surface area contributed by atoms with Crippen LogP contribution in [0.1, 0.15) is 54.0 Å². The molecule has 0 aliphatic rings. The van der Waals surface area contributed by atoms with Gasteiger partial charge in [0.2, 0.25) is 0 Å². The van der Waals surface area contributed by atoms with E-state index in [1.165, 1.54) is 6.21 Å². The largest absolute Gasteiger partial charge is 0.490 e. The highest BCUT2D eigenvalue weighted by molar-refractivity contribution is 9.10. The number of aryl methyl sites for hydroxylation is 2. The zero-order chi connectivity index (χ0) is 30.9. The highest BCUT2D eigenvalue weighted by Gasteiger charge is 2.16. The number of halogens is 1. The first kappa shape index (κ1) is 31.4. The zero-order valence-corrected chi connectivity index (χ0v) is 26.3. The van der Waals surface area contributed by atoms with Crippen LogP contribution in [0.15, 0.2) is 74.7 Å². The van der Waals surface area contributed by atoms with Gasteiger partial charge >= 0.3 is 11.9 Å². The van der Waals surface area contributed by atoms with Crippen molar-refractivity contribution < 1.29 is 33.0 Å². The van der Waals surface area contributed by atoms with Crippen molar-refractivity contribution in [2.75, 3.05) is 13.2 Å². The van der Waals surface area contributed by atoms with E-state index >= 15 is 0 Å². The number of hydrogen-bond donors (Lipinski definition) is 1. The molecule has 11 heteroatoms. The van der Waals surface area contributed by atoms with Crippen LogP contribution in [0.5, 0.6) is 17.2 Å². The summed E-state index contributed by atoms with van der Waals surface area (Å²) >= 11 is 3.44. The normalized spacial score (nSPS) is 11.1. The summed E-state index contributed by atoms with van der Waals surface area (Å²) in [4.78, 5) is 24.5. The molecule has 0 atom stereocenters. The van der Waals surface area contributed by atoms with Crippen molar-refractivity contribution in [3.05, 3.63) is 93.6 Å². The minimum Gasteiger partial charge on any atom is -0.490 e. The number of furan rings is 1. The Morgan fingerprint density at radius 1 is 1.00 bits per heavy atom. The number of nitrogens with one attached hydrogen (secondary N) is 1. The number of amides is 1. The number of carbonyl (C=O) groups excluding carboxylic acids is 2. The fourth-order valence-corrected chi connectivity index (χ4v) is 4.79. The topological polar surface area (TPSA) is 114 Å². The SMILES string of the molecule is CCOc1cc(/C=N/NC(=O)c2ccc(COc3ccc(-n4c(C)ccc4C)cc3)o2)cc(Br)c1OCC(=O)OC(C)C. The number of rotatable bonds is 13. The van der Waals surface area contributed by atoms with E-state index in [0.717, 1.165) is 17.1 Å². The molecule has 226 valence electrons. The summed E-state index contributed by atoms with van der Waals surface area (Å²) in [5.74, 6) is 1.03.